The number of pyridine rings is 1. The second-order valence-corrected chi connectivity index (χ2v) is 4.91. The fourth-order valence-corrected chi connectivity index (χ4v) is 2.84. The smallest absolute Gasteiger partial charge is 0.0469 e. The molecule has 100 valence electrons. The molecule has 1 fully saturated rings. The van der Waals surface area contributed by atoms with Gasteiger partial charge in [-0.1, -0.05) is 13.8 Å². The highest BCUT2D eigenvalue weighted by Gasteiger charge is 2.26. The van der Waals surface area contributed by atoms with Crippen LogP contribution >= 0.6 is 0 Å². The largest absolute Gasteiger partial charge is 0.381 e. The quantitative estimate of drug-likeness (QED) is 0.870. The lowest BCUT2D eigenvalue weighted by Crippen LogP contribution is -2.32. The summed E-state index contributed by atoms with van der Waals surface area (Å²) >= 11 is 0. The molecule has 0 radical (unpaired) electrons. The normalized spacial score (nSPS) is 18.8. The SMILES string of the molecule is CCNC(c1ccncc1CC)C1CCOCC1. The topological polar surface area (TPSA) is 34.2 Å². The molecule has 0 saturated carbocycles. The molecule has 18 heavy (non-hydrogen) atoms. The maximum Gasteiger partial charge on any atom is 0.0469 e. The van der Waals surface area contributed by atoms with Gasteiger partial charge in [-0.3, -0.25) is 4.98 Å². The third-order valence-electron chi connectivity index (χ3n) is 3.82. The second kappa shape index (κ2) is 6.86. The molecule has 0 aromatic carbocycles. The first kappa shape index (κ1) is 13.5. The van der Waals surface area contributed by atoms with Crippen LogP contribution in [0.1, 0.15) is 43.9 Å². The fraction of sp³-hybridized carbons (Fsp3) is 0.667. The molecule has 1 saturated heterocycles. The Kier molecular flexibility index (Phi) is 5.14. The van der Waals surface area contributed by atoms with Crippen LogP contribution in [0.5, 0.6) is 0 Å². The van der Waals surface area contributed by atoms with Crippen LogP contribution < -0.4 is 5.32 Å². The van der Waals surface area contributed by atoms with Gasteiger partial charge in [0.2, 0.25) is 0 Å². The van der Waals surface area contributed by atoms with Gasteiger partial charge in [0.1, 0.15) is 0 Å². The summed E-state index contributed by atoms with van der Waals surface area (Å²) in [5.74, 6) is 0.686. The molecule has 3 nitrogen and oxygen atoms in total. The van der Waals surface area contributed by atoms with Gasteiger partial charge in [-0.15, -0.1) is 0 Å². The predicted molar refractivity (Wildman–Crippen MR) is 73.6 cm³/mol. The predicted octanol–water partition coefficient (Wildman–Crippen LogP) is 2.72. The lowest BCUT2D eigenvalue weighted by molar-refractivity contribution is 0.0537. The van der Waals surface area contributed by atoms with Gasteiger partial charge < -0.3 is 10.1 Å². The Bertz CT molecular complexity index is 361. The van der Waals surface area contributed by atoms with E-state index in [0.717, 1.165) is 39.0 Å². The lowest BCUT2D eigenvalue weighted by atomic mass is 9.85. The highest BCUT2D eigenvalue weighted by molar-refractivity contribution is 5.27. The van der Waals surface area contributed by atoms with Crippen molar-refractivity contribution in [3.05, 3.63) is 29.6 Å². The number of rotatable bonds is 5. The number of aryl methyl sites for hydroxylation is 1. The number of hydrogen-bond donors (Lipinski definition) is 1. The molecule has 1 aliphatic rings. The zero-order chi connectivity index (χ0) is 12.8. The molecule has 0 spiro atoms. The van der Waals surface area contributed by atoms with Gasteiger partial charge in [-0.25, -0.2) is 0 Å². The molecule has 1 aromatic rings. The molecular weight excluding hydrogens is 224 g/mol. The molecule has 1 N–H and O–H groups in total. The van der Waals surface area contributed by atoms with Crippen molar-refractivity contribution >= 4 is 0 Å². The van der Waals surface area contributed by atoms with E-state index in [0.29, 0.717) is 12.0 Å². The minimum Gasteiger partial charge on any atom is -0.381 e. The van der Waals surface area contributed by atoms with E-state index in [2.05, 4.69) is 30.2 Å². The van der Waals surface area contributed by atoms with Crippen molar-refractivity contribution in [3.63, 3.8) is 0 Å². The minimum atomic E-state index is 0.455. The Morgan fingerprint density at radius 1 is 1.39 bits per heavy atom. The van der Waals surface area contributed by atoms with E-state index in [1.807, 2.05) is 12.4 Å². The van der Waals surface area contributed by atoms with E-state index >= 15 is 0 Å². The molecular formula is C15H24N2O. The fourth-order valence-electron chi connectivity index (χ4n) is 2.84. The van der Waals surface area contributed by atoms with E-state index in [1.165, 1.54) is 11.1 Å². The first-order valence-electron chi connectivity index (χ1n) is 7.10. The van der Waals surface area contributed by atoms with Gasteiger partial charge in [-0.2, -0.15) is 0 Å². The number of ether oxygens (including phenoxy) is 1. The van der Waals surface area contributed by atoms with Crippen LogP contribution in [0, 0.1) is 5.92 Å². The number of nitrogens with zero attached hydrogens (tertiary/aromatic N) is 1. The molecule has 2 rings (SSSR count). The van der Waals surface area contributed by atoms with Crippen molar-refractivity contribution in [2.24, 2.45) is 5.92 Å². The van der Waals surface area contributed by atoms with Gasteiger partial charge in [0.15, 0.2) is 0 Å². The highest BCUT2D eigenvalue weighted by atomic mass is 16.5. The highest BCUT2D eigenvalue weighted by Crippen LogP contribution is 2.31. The molecule has 0 aliphatic carbocycles. The first-order chi connectivity index (χ1) is 8.86. The molecule has 1 unspecified atom stereocenters. The summed E-state index contributed by atoms with van der Waals surface area (Å²) in [6, 6.07) is 2.64. The van der Waals surface area contributed by atoms with E-state index in [1.54, 1.807) is 0 Å². The Morgan fingerprint density at radius 2 is 2.17 bits per heavy atom. The molecule has 1 atom stereocenters. The molecule has 0 amide bonds. The molecule has 3 heteroatoms. The molecule has 0 bridgehead atoms. The lowest BCUT2D eigenvalue weighted by Gasteiger charge is -2.32. The van der Waals surface area contributed by atoms with Crippen LogP contribution in [0.4, 0.5) is 0 Å². The third-order valence-corrected chi connectivity index (χ3v) is 3.82. The maximum absolute atomic E-state index is 5.48. The summed E-state index contributed by atoms with van der Waals surface area (Å²) in [4.78, 5) is 4.25. The van der Waals surface area contributed by atoms with Gasteiger partial charge in [0.05, 0.1) is 0 Å². The monoisotopic (exact) mass is 248 g/mol. The summed E-state index contributed by atoms with van der Waals surface area (Å²) < 4.78 is 5.48. The second-order valence-electron chi connectivity index (χ2n) is 4.91. The molecule has 1 aliphatic heterocycles. The van der Waals surface area contributed by atoms with Crippen molar-refractivity contribution in [3.8, 4) is 0 Å². The van der Waals surface area contributed by atoms with Gasteiger partial charge in [-0.05, 0) is 48.9 Å². The summed E-state index contributed by atoms with van der Waals surface area (Å²) in [6.07, 6.45) is 7.29. The van der Waals surface area contributed by atoms with Crippen molar-refractivity contribution in [2.45, 2.75) is 39.2 Å². The zero-order valence-electron chi connectivity index (χ0n) is 11.5. The van der Waals surface area contributed by atoms with E-state index in [-0.39, 0.29) is 0 Å². The Labute approximate surface area is 110 Å². The van der Waals surface area contributed by atoms with Crippen molar-refractivity contribution in [1.82, 2.24) is 10.3 Å². The first-order valence-corrected chi connectivity index (χ1v) is 7.10. The number of nitrogens with one attached hydrogen (secondary N) is 1. The minimum absolute atomic E-state index is 0.455. The van der Waals surface area contributed by atoms with E-state index in [4.69, 9.17) is 4.74 Å². The van der Waals surface area contributed by atoms with Crippen LogP contribution in [-0.2, 0) is 11.2 Å². The van der Waals surface area contributed by atoms with E-state index in [9.17, 15) is 0 Å². The Hall–Kier alpha value is -0.930. The maximum atomic E-state index is 5.48. The van der Waals surface area contributed by atoms with Crippen LogP contribution in [0.3, 0.4) is 0 Å². The summed E-state index contributed by atoms with van der Waals surface area (Å²) in [5.41, 5.74) is 2.80. The summed E-state index contributed by atoms with van der Waals surface area (Å²) in [6.45, 7) is 7.19. The Balaban J connectivity index is 2.22. The van der Waals surface area contributed by atoms with Gasteiger partial charge >= 0.3 is 0 Å². The zero-order valence-corrected chi connectivity index (χ0v) is 11.5. The summed E-state index contributed by atoms with van der Waals surface area (Å²) in [7, 11) is 0. The number of hydrogen-bond acceptors (Lipinski definition) is 3. The third kappa shape index (κ3) is 3.09. The standard InChI is InChI=1S/C15H24N2O/c1-3-12-11-16-8-5-14(12)15(17-4-2)13-6-9-18-10-7-13/h5,8,11,13,15,17H,3-4,6-7,9-10H2,1-2H3. The van der Waals surface area contributed by atoms with Gasteiger partial charge in [0.25, 0.3) is 0 Å². The van der Waals surface area contributed by atoms with Gasteiger partial charge in [0, 0.05) is 31.6 Å². The van der Waals surface area contributed by atoms with Crippen molar-refractivity contribution < 1.29 is 4.74 Å². The number of aromatic nitrogens is 1. The van der Waals surface area contributed by atoms with Crippen molar-refractivity contribution in [1.29, 1.82) is 0 Å². The molecule has 2 heterocycles. The Morgan fingerprint density at radius 3 is 2.83 bits per heavy atom. The van der Waals surface area contributed by atoms with E-state index < -0.39 is 0 Å². The average Bonchev–Trinajstić information content (AvgIpc) is 2.46. The van der Waals surface area contributed by atoms with Crippen LogP contribution in [0.25, 0.3) is 0 Å². The molecule has 1 aromatic heterocycles. The van der Waals surface area contributed by atoms with Crippen LogP contribution in [0.2, 0.25) is 0 Å². The summed E-state index contributed by atoms with van der Waals surface area (Å²) in [5, 5.41) is 3.66. The van der Waals surface area contributed by atoms with Crippen LogP contribution in [-0.4, -0.2) is 24.7 Å². The van der Waals surface area contributed by atoms with Crippen molar-refractivity contribution in [2.75, 3.05) is 19.8 Å². The average molecular weight is 248 g/mol. The van der Waals surface area contributed by atoms with Crippen LogP contribution in [0.15, 0.2) is 18.5 Å².